The molecule has 1 atom stereocenters. The summed E-state index contributed by atoms with van der Waals surface area (Å²) >= 11 is 0. The van der Waals surface area contributed by atoms with Crippen molar-refractivity contribution >= 4 is 40.0 Å². The van der Waals surface area contributed by atoms with E-state index < -0.39 is 10.0 Å². The van der Waals surface area contributed by atoms with Gasteiger partial charge in [-0.3, -0.25) is 4.99 Å². The van der Waals surface area contributed by atoms with Gasteiger partial charge >= 0.3 is 0 Å². The summed E-state index contributed by atoms with van der Waals surface area (Å²) in [6.45, 7) is 6.39. The molecule has 1 saturated heterocycles. The van der Waals surface area contributed by atoms with E-state index in [0.29, 0.717) is 32.3 Å². The molecule has 10 heteroatoms. The molecule has 166 valence electrons. The number of aryl methyl sites for hydroxylation is 1. The smallest absolute Gasteiger partial charge is 0.240 e. The van der Waals surface area contributed by atoms with Gasteiger partial charge in [0.15, 0.2) is 5.96 Å². The maximum Gasteiger partial charge on any atom is 0.240 e. The number of rotatable bonds is 10. The molecule has 1 heterocycles. The van der Waals surface area contributed by atoms with Crippen LogP contribution in [-0.4, -0.2) is 79.4 Å². The molecule has 0 bridgehead atoms. The van der Waals surface area contributed by atoms with Gasteiger partial charge in [-0.15, -0.1) is 24.0 Å². The predicted molar refractivity (Wildman–Crippen MR) is 126 cm³/mol. The summed E-state index contributed by atoms with van der Waals surface area (Å²) in [5, 5.41) is 3.23. The van der Waals surface area contributed by atoms with Crippen molar-refractivity contribution in [2.75, 3.05) is 60.2 Å². The zero-order valence-corrected chi connectivity index (χ0v) is 20.5. The van der Waals surface area contributed by atoms with E-state index in [1.54, 1.807) is 38.4 Å². The van der Waals surface area contributed by atoms with Gasteiger partial charge in [0, 0.05) is 46.3 Å². The Labute approximate surface area is 191 Å². The quantitative estimate of drug-likeness (QED) is 0.202. The second kappa shape index (κ2) is 13.4. The van der Waals surface area contributed by atoms with Crippen LogP contribution in [0.2, 0.25) is 0 Å². The van der Waals surface area contributed by atoms with Crippen LogP contribution in [-0.2, 0) is 19.5 Å². The molecule has 0 aromatic heterocycles. The van der Waals surface area contributed by atoms with Crippen LogP contribution in [0.25, 0.3) is 0 Å². The minimum Gasteiger partial charge on any atom is -0.382 e. The van der Waals surface area contributed by atoms with Crippen molar-refractivity contribution in [1.82, 2.24) is 14.9 Å². The van der Waals surface area contributed by atoms with Gasteiger partial charge < -0.3 is 19.7 Å². The van der Waals surface area contributed by atoms with Crippen molar-refractivity contribution in [1.29, 1.82) is 0 Å². The third-order valence-corrected chi connectivity index (χ3v) is 6.09. The number of nitrogens with zero attached hydrogens (tertiary/aromatic N) is 2. The molecule has 1 aromatic carbocycles. The normalized spacial score (nSPS) is 17.3. The molecule has 0 amide bonds. The summed E-state index contributed by atoms with van der Waals surface area (Å²) in [7, 11) is -0.0936. The lowest BCUT2D eigenvalue weighted by Gasteiger charge is -2.22. The Balaban J connectivity index is 0.00000420. The lowest BCUT2D eigenvalue weighted by Crippen LogP contribution is -2.43. The van der Waals surface area contributed by atoms with Gasteiger partial charge in [0.25, 0.3) is 0 Å². The molecular weight excluding hydrogens is 507 g/mol. The second-order valence-corrected chi connectivity index (χ2v) is 8.62. The van der Waals surface area contributed by atoms with E-state index >= 15 is 0 Å². The lowest BCUT2D eigenvalue weighted by atomic mass is 10.1. The van der Waals surface area contributed by atoms with Crippen LogP contribution in [0, 0.1) is 12.8 Å². The van der Waals surface area contributed by atoms with E-state index in [1.807, 2.05) is 6.92 Å². The Morgan fingerprint density at radius 1 is 1.24 bits per heavy atom. The van der Waals surface area contributed by atoms with Crippen molar-refractivity contribution in [2.24, 2.45) is 10.9 Å². The standard InChI is InChI=1S/C19H32N4O4S.HI/c1-16-4-6-18(7-5-16)28(24,25)22-10-9-21-19(20-2)23-11-8-17(14-23)15-27-13-12-26-3;/h4-7,17,22H,8-15H2,1-3H3,(H,20,21);1H. The van der Waals surface area contributed by atoms with E-state index in [1.165, 1.54) is 0 Å². The molecule has 1 aliphatic heterocycles. The number of sulfonamides is 1. The average molecular weight is 540 g/mol. The molecule has 0 saturated carbocycles. The summed E-state index contributed by atoms with van der Waals surface area (Å²) in [6, 6.07) is 6.81. The van der Waals surface area contributed by atoms with Crippen LogP contribution in [0.1, 0.15) is 12.0 Å². The Bertz CT molecular complexity index is 728. The highest BCUT2D eigenvalue weighted by Gasteiger charge is 2.25. The fourth-order valence-corrected chi connectivity index (χ4v) is 4.08. The summed E-state index contributed by atoms with van der Waals surface area (Å²) in [6.07, 6.45) is 1.05. The number of hydrogen-bond donors (Lipinski definition) is 2. The molecule has 1 aliphatic rings. The van der Waals surface area contributed by atoms with Crippen LogP contribution in [0.15, 0.2) is 34.2 Å². The number of benzene rings is 1. The van der Waals surface area contributed by atoms with Crippen molar-refractivity contribution in [3.05, 3.63) is 29.8 Å². The Hall–Kier alpha value is -0.950. The molecule has 1 aromatic rings. The number of halogens is 1. The van der Waals surface area contributed by atoms with Crippen LogP contribution < -0.4 is 10.0 Å². The largest absolute Gasteiger partial charge is 0.382 e. The number of methoxy groups -OCH3 is 1. The minimum absolute atomic E-state index is 0. The van der Waals surface area contributed by atoms with E-state index in [-0.39, 0.29) is 35.4 Å². The second-order valence-electron chi connectivity index (χ2n) is 6.85. The Kier molecular flexibility index (Phi) is 12.0. The van der Waals surface area contributed by atoms with Gasteiger partial charge in [0.2, 0.25) is 10.0 Å². The van der Waals surface area contributed by atoms with Gasteiger partial charge in [-0.2, -0.15) is 0 Å². The molecule has 1 fully saturated rings. The van der Waals surface area contributed by atoms with Gasteiger partial charge in [-0.1, -0.05) is 17.7 Å². The molecule has 8 nitrogen and oxygen atoms in total. The number of likely N-dealkylation sites (tertiary alicyclic amines) is 1. The number of hydrogen-bond acceptors (Lipinski definition) is 5. The monoisotopic (exact) mass is 540 g/mol. The number of aliphatic imine (C=N–C) groups is 1. The highest BCUT2D eigenvalue weighted by molar-refractivity contribution is 14.0. The molecule has 29 heavy (non-hydrogen) atoms. The molecule has 2 rings (SSSR count). The summed E-state index contributed by atoms with van der Waals surface area (Å²) in [5.41, 5.74) is 1.03. The van der Waals surface area contributed by atoms with Crippen molar-refractivity contribution in [3.8, 4) is 0 Å². The zero-order valence-electron chi connectivity index (χ0n) is 17.4. The van der Waals surface area contributed by atoms with E-state index in [4.69, 9.17) is 9.47 Å². The summed E-state index contributed by atoms with van der Waals surface area (Å²) in [5.74, 6) is 1.25. The maximum absolute atomic E-state index is 12.3. The number of nitrogens with one attached hydrogen (secondary N) is 2. The van der Waals surface area contributed by atoms with Crippen LogP contribution in [0.4, 0.5) is 0 Å². The molecule has 0 aliphatic carbocycles. The van der Waals surface area contributed by atoms with Crippen molar-refractivity contribution in [3.63, 3.8) is 0 Å². The van der Waals surface area contributed by atoms with E-state index in [9.17, 15) is 8.42 Å². The average Bonchev–Trinajstić information content (AvgIpc) is 3.14. The first-order chi connectivity index (χ1) is 13.5. The number of guanidine groups is 1. The molecular formula is C19H33IN4O4S. The maximum atomic E-state index is 12.3. The van der Waals surface area contributed by atoms with E-state index in [0.717, 1.165) is 31.0 Å². The predicted octanol–water partition coefficient (Wildman–Crippen LogP) is 1.45. The fourth-order valence-electron chi connectivity index (χ4n) is 3.05. The van der Waals surface area contributed by atoms with Crippen molar-refractivity contribution in [2.45, 2.75) is 18.2 Å². The fraction of sp³-hybridized carbons (Fsp3) is 0.632. The van der Waals surface area contributed by atoms with Gasteiger partial charge in [-0.05, 0) is 25.5 Å². The summed E-state index contributed by atoms with van der Waals surface area (Å²) < 4.78 is 37.8. The zero-order chi connectivity index (χ0) is 20.4. The Morgan fingerprint density at radius 3 is 2.62 bits per heavy atom. The molecule has 2 N–H and O–H groups in total. The SMILES string of the molecule is CN=C(NCCNS(=O)(=O)c1ccc(C)cc1)N1CCC(COCCOC)C1.I. The highest BCUT2D eigenvalue weighted by Crippen LogP contribution is 2.16. The first-order valence-corrected chi connectivity index (χ1v) is 11.0. The number of ether oxygens (including phenoxy) is 2. The van der Waals surface area contributed by atoms with Crippen molar-refractivity contribution < 1.29 is 17.9 Å². The minimum atomic E-state index is -3.49. The third-order valence-electron chi connectivity index (χ3n) is 4.61. The van der Waals surface area contributed by atoms with Crippen LogP contribution in [0.5, 0.6) is 0 Å². The molecule has 1 unspecified atom stereocenters. The lowest BCUT2D eigenvalue weighted by molar-refractivity contribution is 0.0536. The van der Waals surface area contributed by atoms with Crippen LogP contribution >= 0.6 is 24.0 Å². The first kappa shape index (κ1) is 26.1. The van der Waals surface area contributed by atoms with Crippen LogP contribution in [0.3, 0.4) is 0 Å². The van der Waals surface area contributed by atoms with Gasteiger partial charge in [0.05, 0.1) is 24.7 Å². The topological polar surface area (TPSA) is 92.3 Å². The van der Waals surface area contributed by atoms with Gasteiger partial charge in [0.1, 0.15) is 0 Å². The highest BCUT2D eigenvalue weighted by atomic mass is 127. The first-order valence-electron chi connectivity index (χ1n) is 9.55. The van der Waals surface area contributed by atoms with Gasteiger partial charge in [-0.25, -0.2) is 13.1 Å². The summed E-state index contributed by atoms with van der Waals surface area (Å²) in [4.78, 5) is 6.77. The van der Waals surface area contributed by atoms with E-state index in [2.05, 4.69) is 19.9 Å². The molecule has 0 radical (unpaired) electrons. The molecule has 0 spiro atoms. The third kappa shape index (κ3) is 8.75. The Morgan fingerprint density at radius 2 is 1.97 bits per heavy atom.